The van der Waals surface area contributed by atoms with Crippen molar-refractivity contribution in [3.8, 4) is 0 Å². The molecule has 114 valence electrons. The first-order valence-electron chi connectivity index (χ1n) is 6.49. The summed E-state index contributed by atoms with van der Waals surface area (Å²) in [6, 6.07) is 8.17. The minimum atomic E-state index is -1.37. The lowest BCUT2D eigenvalue weighted by Crippen LogP contribution is -2.58. The van der Waals surface area contributed by atoms with Gasteiger partial charge in [-0.05, 0) is 11.1 Å². The summed E-state index contributed by atoms with van der Waals surface area (Å²) in [6.45, 7) is -0.295. The number of azide groups is 1. The molecule has 1 aliphatic rings. The highest BCUT2D eigenvalue weighted by Gasteiger charge is 2.44. The van der Waals surface area contributed by atoms with Crippen molar-refractivity contribution in [1.29, 1.82) is 0 Å². The molecule has 8 heteroatoms. The van der Waals surface area contributed by atoms with Crippen molar-refractivity contribution < 1.29 is 24.8 Å². The minimum absolute atomic E-state index is 0.184. The van der Waals surface area contributed by atoms with Crippen LogP contribution in [0.5, 0.6) is 0 Å². The third kappa shape index (κ3) is 3.70. The van der Waals surface area contributed by atoms with Gasteiger partial charge in [0.05, 0.1) is 19.3 Å². The molecule has 0 aromatic heterocycles. The molecule has 1 aromatic carbocycles. The van der Waals surface area contributed by atoms with Crippen LogP contribution in [0.2, 0.25) is 0 Å². The molecule has 8 nitrogen and oxygen atoms in total. The number of rotatable bonds is 5. The molecule has 3 N–H and O–H groups in total. The van der Waals surface area contributed by atoms with E-state index in [1.165, 1.54) is 0 Å². The fourth-order valence-corrected chi connectivity index (χ4v) is 2.14. The van der Waals surface area contributed by atoms with Crippen LogP contribution in [-0.2, 0) is 16.1 Å². The summed E-state index contributed by atoms with van der Waals surface area (Å²) in [5.41, 5.74) is 9.43. The summed E-state index contributed by atoms with van der Waals surface area (Å²) in [5, 5.41) is 32.3. The number of aliphatic hydroxyl groups is 3. The van der Waals surface area contributed by atoms with Gasteiger partial charge in [0, 0.05) is 4.91 Å². The van der Waals surface area contributed by atoms with Crippen LogP contribution in [0.1, 0.15) is 5.56 Å². The summed E-state index contributed by atoms with van der Waals surface area (Å²) in [6.07, 6.45) is -4.75. The van der Waals surface area contributed by atoms with Crippen LogP contribution in [-0.4, -0.2) is 52.6 Å². The van der Waals surface area contributed by atoms with Crippen molar-refractivity contribution in [3.63, 3.8) is 0 Å². The maximum atomic E-state index is 9.95. The quantitative estimate of drug-likeness (QED) is 0.409. The summed E-state index contributed by atoms with van der Waals surface area (Å²) < 4.78 is 10.9. The average molecular weight is 295 g/mol. The Morgan fingerprint density at radius 3 is 2.57 bits per heavy atom. The van der Waals surface area contributed by atoms with Gasteiger partial charge in [-0.1, -0.05) is 35.4 Å². The highest BCUT2D eigenvalue weighted by Crippen LogP contribution is 2.25. The van der Waals surface area contributed by atoms with E-state index >= 15 is 0 Å². The maximum Gasteiger partial charge on any atom is 0.169 e. The Hall–Kier alpha value is -1.67. The first-order valence-corrected chi connectivity index (χ1v) is 6.49. The molecule has 2 rings (SSSR count). The van der Waals surface area contributed by atoms with Gasteiger partial charge in [-0.3, -0.25) is 0 Å². The van der Waals surface area contributed by atoms with Gasteiger partial charge in [0.15, 0.2) is 6.29 Å². The number of ether oxygens (including phenoxy) is 2. The Labute approximate surface area is 121 Å². The maximum absolute atomic E-state index is 9.95. The predicted octanol–water partition coefficient (Wildman–Crippen LogP) is 0.321. The van der Waals surface area contributed by atoms with Crippen molar-refractivity contribution in [2.24, 2.45) is 5.11 Å². The molecule has 0 radical (unpaired) electrons. The standard InChI is InChI=1S/C13H17N3O5/c14-16-15-10-12(19)11(18)9(6-17)21-13(10)20-7-8-4-2-1-3-5-8/h1-5,9-13,17-19H,6-7H2/t9-,10-,11-,12+,13-/m0/s1. The molecule has 21 heavy (non-hydrogen) atoms. The third-order valence-corrected chi connectivity index (χ3v) is 3.29. The molecule has 0 amide bonds. The van der Waals surface area contributed by atoms with Gasteiger partial charge in [-0.15, -0.1) is 0 Å². The number of nitrogens with zero attached hydrogens (tertiary/aromatic N) is 3. The van der Waals surface area contributed by atoms with Crippen LogP contribution in [0.4, 0.5) is 0 Å². The largest absolute Gasteiger partial charge is 0.394 e. The highest BCUT2D eigenvalue weighted by atomic mass is 16.7. The van der Waals surface area contributed by atoms with E-state index in [9.17, 15) is 10.2 Å². The zero-order valence-electron chi connectivity index (χ0n) is 11.2. The van der Waals surface area contributed by atoms with E-state index < -0.39 is 37.3 Å². The van der Waals surface area contributed by atoms with Crippen molar-refractivity contribution in [2.45, 2.75) is 37.3 Å². The second-order valence-corrected chi connectivity index (χ2v) is 4.70. The molecule has 0 spiro atoms. The average Bonchev–Trinajstić information content (AvgIpc) is 2.52. The molecule has 0 saturated carbocycles. The van der Waals surface area contributed by atoms with E-state index in [4.69, 9.17) is 20.1 Å². The van der Waals surface area contributed by atoms with Crippen LogP contribution in [0.3, 0.4) is 0 Å². The van der Waals surface area contributed by atoms with E-state index in [-0.39, 0.29) is 6.61 Å². The van der Waals surface area contributed by atoms with Crippen LogP contribution >= 0.6 is 0 Å². The zero-order valence-corrected chi connectivity index (χ0v) is 11.2. The minimum Gasteiger partial charge on any atom is -0.394 e. The van der Waals surface area contributed by atoms with E-state index in [0.29, 0.717) is 0 Å². The van der Waals surface area contributed by atoms with Gasteiger partial charge in [-0.2, -0.15) is 0 Å². The molecular formula is C13H17N3O5. The van der Waals surface area contributed by atoms with Crippen LogP contribution < -0.4 is 0 Å². The van der Waals surface area contributed by atoms with E-state index in [1.54, 1.807) is 0 Å². The lowest BCUT2D eigenvalue weighted by Gasteiger charge is -2.40. The number of hydrogen-bond acceptors (Lipinski definition) is 6. The Kier molecular flexibility index (Phi) is 5.51. The van der Waals surface area contributed by atoms with Gasteiger partial charge >= 0.3 is 0 Å². The predicted molar refractivity (Wildman–Crippen MR) is 71.9 cm³/mol. The van der Waals surface area contributed by atoms with Gasteiger partial charge in [0.1, 0.15) is 18.2 Å². The topological polar surface area (TPSA) is 128 Å². The lowest BCUT2D eigenvalue weighted by atomic mass is 9.98. The monoisotopic (exact) mass is 295 g/mol. The van der Waals surface area contributed by atoms with Gasteiger partial charge in [-0.25, -0.2) is 0 Å². The molecule has 1 saturated heterocycles. The molecule has 0 bridgehead atoms. The fraction of sp³-hybridized carbons (Fsp3) is 0.538. The normalized spacial score (nSPS) is 32.4. The smallest absolute Gasteiger partial charge is 0.169 e. The lowest BCUT2D eigenvalue weighted by molar-refractivity contribution is -0.268. The second kappa shape index (κ2) is 7.37. The Bertz CT molecular complexity index is 494. The first kappa shape index (κ1) is 15.7. The Morgan fingerprint density at radius 2 is 1.95 bits per heavy atom. The third-order valence-electron chi connectivity index (χ3n) is 3.29. The molecule has 0 unspecified atom stereocenters. The van der Waals surface area contributed by atoms with E-state index in [2.05, 4.69) is 10.0 Å². The van der Waals surface area contributed by atoms with Crippen LogP contribution in [0.25, 0.3) is 10.4 Å². The summed E-state index contributed by atoms with van der Waals surface area (Å²) in [4.78, 5) is 2.63. The van der Waals surface area contributed by atoms with Crippen LogP contribution in [0.15, 0.2) is 35.4 Å². The summed E-state index contributed by atoms with van der Waals surface area (Å²) in [5.74, 6) is 0. The Balaban J connectivity index is 2.08. The number of benzene rings is 1. The number of hydrogen-bond donors (Lipinski definition) is 3. The second-order valence-electron chi connectivity index (χ2n) is 4.70. The first-order chi connectivity index (χ1) is 10.2. The molecule has 1 aliphatic heterocycles. The van der Waals surface area contributed by atoms with Crippen molar-refractivity contribution >= 4 is 0 Å². The van der Waals surface area contributed by atoms with Gasteiger partial charge < -0.3 is 24.8 Å². The SMILES string of the molecule is [N-]=[N+]=N[C@@H]1[C@@H](OCc2ccccc2)O[C@@H](CO)[C@H](O)[C@@H]1O. The van der Waals surface area contributed by atoms with Crippen molar-refractivity contribution in [1.82, 2.24) is 0 Å². The van der Waals surface area contributed by atoms with E-state index in [1.807, 2.05) is 30.3 Å². The molecule has 1 fully saturated rings. The van der Waals surface area contributed by atoms with Crippen molar-refractivity contribution in [2.75, 3.05) is 6.61 Å². The Morgan fingerprint density at radius 1 is 1.24 bits per heavy atom. The summed E-state index contributed by atoms with van der Waals surface area (Å²) in [7, 11) is 0. The zero-order chi connectivity index (χ0) is 15.2. The van der Waals surface area contributed by atoms with Gasteiger partial charge in [0.25, 0.3) is 0 Å². The molecule has 1 heterocycles. The van der Waals surface area contributed by atoms with E-state index in [0.717, 1.165) is 5.56 Å². The molecule has 1 aromatic rings. The fourth-order valence-electron chi connectivity index (χ4n) is 2.14. The molecule has 0 aliphatic carbocycles. The highest BCUT2D eigenvalue weighted by molar-refractivity contribution is 5.13. The number of aliphatic hydroxyl groups excluding tert-OH is 3. The van der Waals surface area contributed by atoms with Crippen LogP contribution in [0, 0.1) is 0 Å². The summed E-state index contributed by atoms with van der Waals surface area (Å²) >= 11 is 0. The molecule has 5 atom stereocenters. The van der Waals surface area contributed by atoms with Gasteiger partial charge in [0.2, 0.25) is 0 Å². The molecular weight excluding hydrogens is 278 g/mol. The van der Waals surface area contributed by atoms with Crippen molar-refractivity contribution in [3.05, 3.63) is 46.3 Å².